The predicted molar refractivity (Wildman–Crippen MR) is 135 cm³/mol. The molecule has 194 valence electrons. The van der Waals surface area contributed by atoms with Crippen LogP contribution in [0.25, 0.3) is 0 Å². The van der Waals surface area contributed by atoms with E-state index in [0.29, 0.717) is 5.57 Å². The van der Waals surface area contributed by atoms with Crippen molar-refractivity contribution in [1.29, 1.82) is 0 Å². The normalized spacial score (nSPS) is 35.2. The molecule has 0 aliphatic heterocycles. The van der Waals surface area contributed by atoms with Crippen LogP contribution in [0.3, 0.4) is 0 Å². The largest absolute Gasteiger partial charge is 0.508 e. The molecule has 1 saturated carbocycles. The van der Waals surface area contributed by atoms with Gasteiger partial charge in [-0.15, -0.1) is 11.8 Å². The average Bonchev–Trinajstić information content (AvgIpc) is 2.84. The van der Waals surface area contributed by atoms with E-state index in [-0.39, 0.29) is 12.0 Å². The number of aliphatic hydroxyl groups is 4. The maximum atomic E-state index is 13.8. The number of fused-ring (bicyclic) bond motifs is 3. The van der Waals surface area contributed by atoms with Gasteiger partial charge in [0.25, 0.3) is 5.91 Å². The van der Waals surface area contributed by atoms with Gasteiger partial charge in [0.2, 0.25) is 0 Å². The Morgan fingerprint density at radius 2 is 1.78 bits per heavy atom. The van der Waals surface area contributed by atoms with Gasteiger partial charge in [-0.3, -0.25) is 19.3 Å². The van der Waals surface area contributed by atoms with E-state index >= 15 is 0 Å². The van der Waals surface area contributed by atoms with Crippen LogP contribution in [0.4, 0.5) is 0 Å². The van der Waals surface area contributed by atoms with Crippen molar-refractivity contribution in [2.75, 3.05) is 14.1 Å². The lowest BCUT2D eigenvalue weighted by molar-refractivity contribution is -0.137. The zero-order valence-electron chi connectivity index (χ0n) is 20.2. The number of thioether (sulfide) groups is 1. The smallest absolute Gasteiger partial charge is 0.255 e. The van der Waals surface area contributed by atoms with E-state index in [0.717, 1.165) is 4.90 Å². The zero-order valence-corrected chi connectivity index (χ0v) is 21.1. The lowest BCUT2D eigenvalue weighted by atomic mass is 9.57. The summed E-state index contributed by atoms with van der Waals surface area (Å²) in [6, 6.07) is 8.35. The molecule has 6 N–H and O–H groups in total. The molecule has 37 heavy (non-hydrogen) atoms. The van der Waals surface area contributed by atoms with Crippen LogP contribution in [-0.4, -0.2) is 79.9 Å². The summed E-state index contributed by atoms with van der Waals surface area (Å²) >= 11 is 1.46. The van der Waals surface area contributed by atoms with Gasteiger partial charge >= 0.3 is 0 Å². The third kappa shape index (κ3) is 3.62. The monoisotopic (exact) mass is 524 g/mol. The molecule has 9 nitrogen and oxygen atoms in total. The van der Waals surface area contributed by atoms with E-state index < -0.39 is 75.3 Å². The zero-order chi connectivity index (χ0) is 26.8. The van der Waals surface area contributed by atoms with Crippen molar-refractivity contribution in [1.82, 2.24) is 4.90 Å². The van der Waals surface area contributed by atoms with Gasteiger partial charge in [-0.2, -0.15) is 0 Å². The summed E-state index contributed by atoms with van der Waals surface area (Å²) in [5.41, 5.74) is 2.57. The number of nitrogens with two attached hydrogens (primary N) is 1. The molecular formula is C27H28N2O7S. The summed E-state index contributed by atoms with van der Waals surface area (Å²) in [7, 11) is 3.17. The Hall–Kier alpha value is -3.18. The quantitative estimate of drug-likeness (QED) is 0.364. The van der Waals surface area contributed by atoms with E-state index in [1.807, 2.05) is 30.3 Å². The Morgan fingerprint density at radius 1 is 1.11 bits per heavy atom. The van der Waals surface area contributed by atoms with Gasteiger partial charge in [-0.1, -0.05) is 36.4 Å². The molecule has 2 unspecified atom stereocenters. The molecule has 0 bridgehead atoms. The fourth-order valence-electron chi connectivity index (χ4n) is 6.27. The molecule has 1 aromatic rings. The Labute approximate surface area is 217 Å². The maximum Gasteiger partial charge on any atom is 0.255 e. The number of nitrogens with zero attached hydrogens (tertiary/aromatic N) is 1. The number of rotatable bonds is 4. The SMILES string of the molecule is CN(C)[C@@H]1C(=O)C(C(N)=O)=C(O)[C@@]2(O)C(O)=C3C(=O)C4C(=CC=CC4O)[C@H](Sc4ccccc4)[C@H]3C[C@@H]12. The molecule has 0 spiro atoms. The molecule has 1 fully saturated rings. The summed E-state index contributed by atoms with van der Waals surface area (Å²) in [6.45, 7) is 0. The van der Waals surface area contributed by atoms with Crippen molar-refractivity contribution in [2.45, 2.75) is 34.3 Å². The maximum absolute atomic E-state index is 13.8. The van der Waals surface area contributed by atoms with Crippen molar-refractivity contribution in [3.8, 4) is 0 Å². The number of amides is 1. The van der Waals surface area contributed by atoms with Crippen molar-refractivity contribution < 1.29 is 34.8 Å². The number of benzene rings is 1. The van der Waals surface area contributed by atoms with Crippen molar-refractivity contribution >= 4 is 29.2 Å². The summed E-state index contributed by atoms with van der Waals surface area (Å²) < 4.78 is 0. The van der Waals surface area contributed by atoms with Crippen molar-refractivity contribution in [2.24, 2.45) is 23.5 Å². The summed E-state index contributed by atoms with van der Waals surface area (Å²) in [6.07, 6.45) is 3.87. The molecular weight excluding hydrogens is 496 g/mol. The molecule has 7 atom stereocenters. The van der Waals surface area contributed by atoms with Crippen LogP contribution < -0.4 is 5.73 Å². The van der Waals surface area contributed by atoms with E-state index in [1.165, 1.54) is 22.7 Å². The molecule has 4 aliphatic rings. The lowest BCUT2D eigenvalue weighted by Crippen LogP contribution is -2.64. The molecule has 4 aliphatic carbocycles. The molecule has 1 aromatic carbocycles. The fourth-order valence-corrected chi connectivity index (χ4v) is 7.66. The van der Waals surface area contributed by atoms with Crippen LogP contribution in [0.2, 0.25) is 0 Å². The molecule has 0 radical (unpaired) electrons. The van der Waals surface area contributed by atoms with Gasteiger partial charge in [0, 0.05) is 27.6 Å². The minimum atomic E-state index is -2.58. The van der Waals surface area contributed by atoms with E-state index in [1.54, 1.807) is 26.2 Å². The van der Waals surface area contributed by atoms with Crippen LogP contribution >= 0.6 is 11.8 Å². The van der Waals surface area contributed by atoms with Crippen molar-refractivity contribution in [3.05, 3.63) is 76.8 Å². The van der Waals surface area contributed by atoms with Crippen LogP contribution in [0.15, 0.2) is 81.7 Å². The molecule has 5 rings (SSSR count). The predicted octanol–water partition coefficient (Wildman–Crippen LogP) is 1.19. The highest BCUT2D eigenvalue weighted by molar-refractivity contribution is 8.00. The molecule has 1 amide bonds. The fraction of sp³-hybridized carbons (Fsp3) is 0.370. The van der Waals surface area contributed by atoms with E-state index in [4.69, 9.17) is 5.73 Å². The Balaban J connectivity index is 1.75. The minimum absolute atomic E-state index is 0.0424. The number of aliphatic hydroxyl groups excluding tert-OH is 3. The number of primary amides is 1. The van der Waals surface area contributed by atoms with Crippen LogP contribution in [0.5, 0.6) is 0 Å². The van der Waals surface area contributed by atoms with Gasteiger partial charge in [0.15, 0.2) is 17.2 Å². The molecule has 0 saturated heterocycles. The highest BCUT2D eigenvalue weighted by Crippen LogP contribution is 2.57. The first-order valence-electron chi connectivity index (χ1n) is 11.9. The molecule has 0 aromatic heterocycles. The second-order valence-electron chi connectivity index (χ2n) is 10.1. The number of hydrogen-bond acceptors (Lipinski definition) is 9. The van der Waals surface area contributed by atoms with Crippen LogP contribution in [0, 0.1) is 17.8 Å². The summed E-state index contributed by atoms with van der Waals surface area (Å²) in [4.78, 5) is 41.6. The Bertz CT molecular complexity index is 1320. The molecule has 10 heteroatoms. The first-order valence-corrected chi connectivity index (χ1v) is 12.8. The molecule has 0 heterocycles. The van der Waals surface area contributed by atoms with Gasteiger partial charge < -0.3 is 26.2 Å². The number of allylic oxidation sites excluding steroid dienone is 3. The van der Waals surface area contributed by atoms with E-state index in [2.05, 4.69) is 0 Å². The number of carbonyl (C=O) groups excluding carboxylic acids is 3. The van der Waals surface area contributed by atoms with E-state index in [9.17, 15) is 34.8 Å². The van der Waals surface area contributed by atoms with Gasteiger partial charge in [-0.25, -0.2) is 0 Å². The first kappa shape index (κ1) is 25.5. The van der Waals surface area contributed by atoms with Crippen LogP contribution in [0.1, 0.15) is 6.42 Å². The first-order chi connectivity index (χ1) is 17.5. The summed E-state index contributed by atoms with van der Waals surface area (Å²) in [5.74, 6) is -7.17. The van der Waals surface area contributed by atoms with Gasteiger partial charge in [-0.05, 0) is 38.2 Å². The Kier molecular flexibility index (Phi) is 6.18. The third-order valence-electron chi connectivity index (χ3n) is 7.87. The topological polar surface area (TPSA) is 161 Å². The van der Waals surface area contributed by atoms with Gasteiger partial charge in [0.1, 0.15) is 17.1 Å². The Morgan fingerprint density at radius 3 is 2.41 bits per heavy atom. The second kappa shape index (κ2) is 8.98. The second-order valence-corrected chi connectivity index (χ2v) is 11.3. The minimum Gasteiger partial charge on any atom is -0.508 e. The van der Waals surface area contributed by atoms with Crippen LogP contribution in [-0.2, 0) is 14.4 Å². The number of likely N-dealkylation sites (N-methyl/N-ethyl adjacent to an activating group) is 1. The van der Waals surface area contributed by atoms with Crippen molar-refractivity contribution in [3.63, 3.8) is 0 Å². The third-order valence-corrected chi connectivity index (χ3v) is 9.27. The highest BCUT2D eigenvalue weighted by Gasteiger charge is 2.64. The number of hydrogen-bond donors (Lipinski definition) is 5. The number of carbonyl (C=O) groups is 3. The number of ketones is 2. The highest BCUT2D eigenvalue weighted by atomic mass is 32.2. The standard InChI is InChI=1S/C27H28N2O7S/c1-29(2)20-15-11-14-18(24(33)27(15,36)25(34)19(22(20)32)26(28)35)21(31)17-13(9-6-10-16(17)30)23(14)37-12-7-4-3-5-8-12/h3-10,14-17,20,23,30,33-34,36H,11H2,1-2H3,(H2,28,35)/t14-,15-,16?,17?,20-,23-,27-/m0/s1. The van der Waals surface area contributed by atoms with Gasteiger partial charge in [0.05, 0.1) is 18.1 Å². The number of Topliss-reactive ketones (excluding diaryl/α,β-unsaturated/α-hetero) is 2. The lowest BCUT2D eigenvalue weighted by Gasteiger charge is -2.53. The average molecular weight is 525 g/mol. The summed E-state index contributed by atoms with van der Waals surface area (Å²) in [5, 5.41) is 44.7.